The SMILES string of the molecule is CCC(CCCl)CNc1cc2n[nH]c(=O)n2cn1. The molecule has 0 saturated heterocycles. The van der Waals surface area contributed by atoms with Gasteiger partial charge >= 0.3 is 5.69 Å². The summed E-state index contributed by atoms with van der Waals surface area (Å²) in [6.07, 6.45) is 3.52. The topological polar surface area (TPSA) is 75.1 Å². The fourth-order valence-corrected chi connectivity index (χ4v) is 2.07. The molecule has 1 unspecified atom stereocenters. The Morgan fingerprint density at radius 1 is 1.61 bits per heavy atom. The van der Waals surface area contributed by atoms with Crippen LogP contribution >= 0.6 is 11.6 Å². The number of aromatic nitrogens is 4. The van der Waals surface area contributed by atoms with Crippen LogP contribution in [0.15, 0.2) is 17.2 Å². The van der Waals surface area contributed by atoms with Gasteiger partial charge in [0.05, 0.1) is 0 Å². The van der Waals surface area contributed by atoms with Crippen molar-refractivity contribution in [3.8, 4) is 0 Å². The van der Waals surface area contributed by atoms with Crippen LogP contribution in [-0.2, 0) is 0 Å². The first-order valence-electron chi connectivity index (χ1n) is 5.97. The van der Waals surface area contributed by atoms with E-state index in [0.717, 1.165) is 25.2 Å². The molecule has 98 valence electrons. The molecule has 0 radical (unpaired) electrons. The Labute approximate surface area is 109 Å². The van der Waals surface area contributed by atoms with Gasteiger partial charge in [0.25, 0.3) is 0 Å². The summed E-state index contributed by atoms with van der Waals surface area (Å²) in [6.45, 7) is 2.96. The van der Waals surface area contributed by atoms with E-state index in [1.165, 1.54) is 10.7 Å². The number of nitrogens with zero attached hydrogens (tertiary/aromatic N) is 3. The highest BCUT2D eigenvalue weighted by Crippen LogP contribution is 2.11. The maximum absolute atomic E-state index is 11.3. The van der Waals surface area contributed by atoms with Gasteiger partial charge in [0.2, 0.25) is 0 Å². The third kappa shape index (κ3) is 2.81. The molecule has 2 rings (SSSR count). The monoisotopic (exact) mass is 269 g/mol. The predicted octanol–water partition coefficient (Wildman–Crippen LogP) is 1.48. The van der Waals surface area contributed by atoms with Gasteiger partial charge in [-0.2, -0.15) is 5.10 Å². The number of fused-ring (bicyclic) bond motifs is 1. The van der Waals surface area contributed by atoms with Crippen LogP contribution in [0.3, 0.4) is 0 Å². The Morgan fingerprint density at radius 3 is 3.17 bits per heavy atom. The first-order valence-corrected chi connectivity index (χ1v) is 6.50. The zero-order chi connectivity index (χ0) is 13.0. The number of aromatic amines is 1. The Morgan fingerprint density at radius 2 is 2.44 bits per heavy atom. The minimum absolute atomic E-state index is 0.280. The molecule has 2 N–H and O–H groups in total. The van der Waals surface area contributed by atoms with Gasteiger partial charge < -0.3 is 5.32 Å². The third-order valence-corrected chi connectivity index (χ3v) is 3.19. The molecule has 0 aliphatic rings. The summed E-state index contributed by atoms with van der Waals surface area (Å²) in [5.41, 5.74) is 0.278. The van der Waals surface area contributed by atoms with Gasteiger partial charge in [-0.3, -0.25) is 0 Å². The Balaban J connectivity index is 2.05. The molecule has 0 bridgehead atoms. The lowest BCUT2D eigenvalue weighted by Crippen LogP contribution is -2.15. The lowest BCUT2D eigenvalue weighted by molar-refractivity contribution is 0.521. The molecule has 7 heteroatoms. The van der Waals surface area contributed by atoms with Crippen LogP contribution in [0.25, 0.3) is 5.65 Å². The normalized spacial score (nSPS) is 12.8. The van der Waals surface area contributed by atoms with E-state index in [4.69, 9.17) is 11.6 Å². The Hall–Kier alpha value is -1.56. The molecule has 2 heterocycles. The summed E-state index contributed by atoms with van der Waals surface area (Å²) < 4.78 is 1.36. The van der Waals surface area contributed by atoms with E-state index in [1.807, 2.05) is 0 Å². The van der Waals surface area contributed by atoms with Crippen molar-refractivity contribution in [1.82, 2.24) is 19.6 Å². The summed E-state index contributed by atoms with van der Waals surface area (Å²) in [7, 11) is 0. The van der Waals surface area contributed by atoms with E-state index >= 15 is 0 Å². The van der Waals surface area contributed by atoms with Gasteiger partial charge in [-0.1, -0.05) is 13.3 Å². The maximum atomic E-state index is 11.3. The number of hydrogen-bond acceptors (Lipinski definition) is 4. The number of halogens is 1. The van der Waals surface area contributed by atoms with Crippen LogP contribution in [0.1, 0.15) is 19.8 Å². The number of alkyl halides is 1. The van der Waals surface area contributed by atoms with Crippen LogP contribution in [0.4, 0.5) is 5.82 Å². The molecule has 0 aliphatic carbocycles. The van der Waals surface area contributed by atoms with E-state index in [0.29, 0.717) is 17.4 Å². The average molecular weight is 270 g/mol. The predicted molar refractivity (Wildman–Crippen MR) is 71.2 cm³/mol. The molecule has 0 fully saturated rings. The van der Waals surface area contributed by atoms with Crippen molar-refractivity contribution in [1.29, 1.82) is 0 Å². The van der Waals surface area contributed by atoms with E-state index in [9.17, 15) is 4.79 Å². The van der Waals surface area contributed by atoms with E-state index in [1.54, 1.807) is 6.07 Å². The first-order chi connectivity index (χ1) is 8.74. The van der Waals surface area contributed by atoms with E-state index in [-0.39, 0.29) is 5.69 Å². The standard InChI is InChI=1S/C11H16ClN5O/c1-2-8(3-4-12)6-13-9-5-10-15-16-11(18)17(10)7-14-9/h5,7-8,13H,2-4,6H2,1H3,(H,16,18). The Kier molecular flexibility index (Phi) is 4.19. The van der Waals surface area contributed by atoms with Crippen molar-refractivity contribution in [2.24, 2.45) is 5.92 Å². The second kappa shape index (κ2) is 5.86. The Bertz CT molecular complexity index is 564. The molecule has 18 heavy (non-hydrogen) atoms. The fourth-order valence-electron chi connectivity index (χ4n) is 1.76. The molecule has 0 saturated carbocycles. The molecule has 0 aromatic carbocycles. The van der Waals surface area contributed by atoms with Gasteiger partial charge in [-0.05, 0) is 12.3 Å². The minimum Gasteiger partial charge on any atom is -0.370 e. The van der Waals surface area contributed by atoms with Crippen LogP contribution < -0.4 is 11.0 Å². The van der Waals surface area contributed by atoms with Crippen molar-refractivity contribution in [2.45, 2.75) is 19.8 Å². The minimum atomic E-state index is -0.280. The van der Waals surface area contributed by atoms with Crippen molar-refractivity contribution in [3.05, 3.63) is 22.9 Å². The molecular weight excluding hydrogens is 254 g/mol. The second-order valence-electron chi connectivity index (χ2n) is 4.16. The quantitative estimate of drug-likeness (QED) is 0.779. The molecule has 0 amide bonds. The smallest absolute Gasteiger partial charge is 0.348 e. The summed E-state index contributed by atoms with van der Waals surface area (Å²) in [4.78, 5) is 15.4. The second-order valence-corrected chi connectivity index (χ2v) is 4.54. The fraction of sp³-hybridized carbons (Fsp3) is 0.545. The number of rotatable bonds is 6. The van der Waals surface area contributed by atoms with Crippen LogP contribution in [0.2, 0.25) is 0 Å². The van der Waals surface area contributed by atoms with Crippen molar-refractivity contribution < 1.29 is 0 Å². The zero-order valence-corrected chi connectivity index (χ0v) is 10.9. The molecule has 2 aromatic rings. The van der Waals surface area contributed by atoms with Crippen molar-refractivity contribution in [3.63, 3.8) is 0 Å². The molecular formula is C11H16ClN5O. The number of hydrogen-bond donors (Lipinski definition) is 2. The summed E-state index contributed by atoms with van der Waals surface area (Å²) >= 11 is 5.74. The van der Waals surface area contributed by atoms with Crippen molar-refractivity contribution in [2.75, 3.05) is 17.7 Å². The lowest BCUT2D eigenvalue weighted by Gasteiger charge is -2.14. The van der Waals surface area contributed by atoms with Crippen LogP contribution in [0.5, 0.6) is 0 Å². The molecule has 6 nitrogen and oxygen atoms in total. The number of anilines is 1. The van der Waals surface area contributed by atoms with E-state index in [2.05, 4.69) is 27.4 Å². The highest BCUT2D eigenvalue weighted by Gasteiger charge is 2.07. The maximum Gasteiger partial charge on any atom is 0.348 e. The largest absolute Gasteiger partial charge is 0.370 e. The molecule has 0 aliphatic heterocycles. The lowest BCUT2D eigenvalue weighted by atomic mass is 10.0. The van der Waals surface area contributed by atoms with Crippen LogP contribution in [-0.4, -0.2) is 32.0 Å². The van der Waals surface area contributed by atoms with E-state index < -0.39 is 0 Å². The number of nitrogens with one attached hydrogen (secondary N) is 2. The highest BCUT2D eigenvalue weighted by molar-refractivity contribution is 6.17. The van der Waals surface area contributed by atoms with Gasteiger partial charge in [-0.25, -0.2) is 19.3 Å². The summed E-state index contributed by atoms with van der Waals surface area (Å²) in [6, 6.07) is 1.74. The molecule has 1 atom stereocenters. The first kappa shape index (κ1) is 12.9. The number of H-pyrrole nitrogens is 1. The van der Waals surface area contributed by atoms with Gasteiger partial charge in [0.15, 0.2) is 5.65 Å². The zero-order valence-electron chi connectivity index (χ0n) is 10.2. The highest BCUT2D eigenvalue weighted by atomic mass is 35.5. The third-order valence-electron chi connectivity index (χ3n) is 2.98. The summed E-state index contributed by atoms with van der Waals surface area (Å²) in [5, 5.41) is 9.50. The molecule has 2 aromatic heterocycles. The van der Waals surface area contributed by atoms with Crippen molar-refractivity contribution >= 4 is 23.1 Å². The summed E-state index contributed by atoms with van der Waals surface area (Å²) in [5.74, 6) is 1.91. The van der Waals surface area contributed by atoms with Gasteiger partial charge in [0, 0.05) is 18.5 Å². The van der Waals surface area contributed by atoms with Gasteiger partial charge in [-0.15, -0.1) is 11.6 Å². The average Bonchev–Trinajstić information content (AvgIpc) is 2.76. The van der Waals surface area contributed by atoms with Crippen LogP contribution in [0, 0.1) is 5.92 Å². The molecule has 0 spiro atoms. The van der Waals surface area contributed by atoms with Gasteiger partial charge in [0.1, 0.15) is 12.1 Å².